The molecule has 2 atom stereocenters. The van der Waals surface area contributed by atoms with Crippen molar-refractivity contribution in [3.8, 4) is 11.1 Å². The molecule has 0 aliphatic heterocycles. The minimum atomic E-state index is -0.516. The summed E-state index contributed by atoms with van der Waals surface area (Å²) in [7, 11) is 0. The van der Waals surface area contributed by atoms with Gasteiger partial charge in [-0.3, -0.25) is 5.10 Å². The van der Waals surface area contributed by atoms with E-state index in [1.807, 2.05) is 20.8 Å². The molecule has 0 saturated heterocycles. The molecule has 4 N–H and O–H groups in total. The Balaban J connectivity index is 1.59. The Labute approximate surface area is 176 Å². The molecule has 0 radical (unpaired) electrons. The fraction of sp³-hybridized carbons (Fsp3) is 0.474. The second kappa shape index (κ2) is 7.33. The monoisotopic (exact) mass is 461 g/mol. The SMILES string of the molecule is CC(C)(C)OC(=O)N[C@@H]1CC[C@@H](c2nc3c(-c4cn[nH]c4)cnn3c(N)c2Br)C1. The first-order valence-electron chi connectivity index (χ1n) is 9.54. The molecule has 29 heavy (non-hydrogen) atoms. The third-order valence-corrected chi connectivity index (χ3v) is 5.81. The number of carbonyl (C=O) groups excluding carboxylic acids is 1. The second-order valence-electron chi connectivity index (χ2n) is 8.33. The van der Waals surface area contributed by atoms with Gasteiger partial charge in [0, 0.05) is 29.3 Å². The average molecular weight is 462 g/mol. The summed E-state index contributed by atoms with van der Waals surface area (Å²) >= 11 is 3.60. The van der Waals surface area contributed by atoms with Gasteiger partial charge < -0.3 is 15.8 Å². The Morgan fingerprint density at radius 1 is 1.38 bits per heavy atom. The van der Waals surface area contributed by atoms with E-state index < -0.39 is 5.60 Å². The molecule has 1 saturated carbocycles. The van der Waals surface area contributed by atoms with Gasteiger partial charge in [-0.05, 0) is 56.0 Å². The molecule has 10 heteroatoms. The van der Waals surface area contributed by atoms with Crippen molar-refractivity contribution in [2.45, 2.75) is 57.6 Å². The van der Waals surface area contributed by atoms with Crippen LogP contribution in [-0.2, 0) is 4.74 Å². The smallest absolute Gasteiger partial charge is 0.407 e. The van der Waals surface area contributed by atoms with Gasteiger partial charge >= 0.3 is 6.09 Å². The maximum absolute atomic E-state index is 12.1. The number of H-pyrrole nitrogens is 1. The number of anilines is 1. The summed E-state index contributed by atoms with van der Waals surface area (Å²) in [5.41, 5.74) is 9.15. The molecule has 0 bridgehead atoms. The largest absolute Gasteiger partial charge is 0.444 e. The molecule has 1 aliphatic rings. The molecular weight excluding hydrogens is 438 g/mol. The highest BCUT2D eigenvalue weighted by molar-refractivity contribution is 9.10. The normalized spacial score (nSPS) is 19.6. The number of nitrogens with one attached hydrogen (secondary N) is 2. The van der Waals surface area contributed by atoms with Gasteiger partial charge in [0.2, 0.25) is 0 Å². The Bertz CT molecular complexity index is 1040. The van der Waals surface area contributed by atoms with Crippen molar-refractivity contribution in [3.63, 3.8) is 0 Å². The molecule has 0 aromatic carbocycles. The van der Waals surface area contributed by atoms with Crippen LogP contribution in [0.2, 0.25) is 0 Å². The second-order valence-corrected chi connectivity index (χ2v) is 9.12. The number of ether oxygens (including phenoxy) is 1. The number of rotatable bonds is 3. The summed E-state index contributed by atoms with van der Waals surface area (Å²) in [6, 6.07) is 0.0410. The van der Waals surface area contributed by atoms with Gasteiger partial charge in [-0.25, -0.2) is 9.78 Å². The molecule has 3 aromatic heterocycles. The first-order chi connectivity index (χ1) is 13.7. The molecule has 0 unspecified atom stereocenters. The van der Waals surface area contributed by atoms with Crippen LogP contribution in [0.3, 0.4) is 0 Å². The van der Waals surface area contributed by atoms with Crippen LogP contribution in [0.4, 0.5) is 10.6 Å². The van der Waals surface area contributed by atoms with E-state index in [0.29, 0.717) is 11.5 Å². The van der Waals surface area contributed by atoms with E-state index in [4.69, 9.17) is 15.5 Å². The molecule has 4 rings (SSSR count). The number of hydrogen-bond donors (Lipinski definition) is 3. The van der Waals surface area contributed by atoms with E-state index in [0.717, 1.165) is 40.6 Å². The fourth-order valence-corrected chi connectivity index (χ4v) is 4.30. The predicted molar refractivity (Wildman–Crippen MR) is 112 cm³/mol. The van der Waals surface area contributed by atoms with E-state index in [2.05, 4.69) is 36.5 Å². The topological polar surface area (TPSA) is 123 Å². The highest BCUT2D eigenvalue weighted by Gasteiger charge is 2.32. The molecule has 1 fully saturated rings. The molecule has 0 spiro atoms. The van der Waals surface area contributed by atoms with Gasteiger partial charge in [-0.2, -0.15) is 14.7 Å². The molecule has 3 aromatic rings. The van der Waals surface area contributed by atoms with E-state index in [1.165, 1.54) is 0 Å². The van der Waals surface area contributed by atoms with Crippen LogP contribution in [0, 0.1) is 0 Å². The van der Waals surface area contributed by atoms with Crippen LogP contribution in [0.5, 0.6) is 0 Å². The lowest BCUT2D eigenvalue weighted by atomic mass is 10.0. The third-order valence-electron chi connectivity index (χ3n) is 5.00. The van der Waals surface area contributed by atoms with Crippen molar-refractivity contribution >= 4 is 33.5 Å². The van der Waals surface area contributed by atoms with Crippen molar-refractivity contribution in [1.82, 2.24) is 30.1 Å². The summed E-state index contributed by atoms with van der Waals surface area (Å²) in [6.07, 6.45) is 7.41. The van der Waals surface area contributed by atoms with Crippen LogP contribution in [-0.4, -0.2) is 42.5 Å². The average Bonchev–Trinajstić information content (AvgIpc) is 3.36. The number of nitrogens with two attached hydrogens (primary N) is 1. The predicted octanol–water partition coefficient (Wildman–Crippen LogP) is 3.62. The van der Waals surface area contributed by atoms with Gasteiger partial charge in [0.1, 0.15) is 11.4 Å². The van der Waals surface area contributed by atoms with Crippen LogP contribution in [0.25, 0.3) is 16.8 Å². The minimum absolute atomic E-state index is 0.0410. The number of fused-ring (bicyclic) bond motifs is 1. The van der Waals surface area contributed by atoms with Crippen molar-refractivity contribution in [2.75, 3.05) is 5.73 Å². The summed E-state index contributed by atoms with van der Waals surface area (Å²) in [5, 5.41) is 14.2. The Morgan fingerprint density at radius 2 is 2.17 bits per heavy atom. The Hall–Kier alpha value is -2.62. The lowest BCUT2D eigenvalue weighted by molar-refractivity contribution is 0.0505. The summed E-state index contributed by atoms with van der Waals surface area (Å²) in [5.74, 6) is 0.673. The molecular formula is C19H24BrN7O2. The first kappa shape index (κ1) is 19.7. The summed E-state index contributed by atoms with van der Waals surface area (Å²) in [4.78, 5) is 17.0. The highest BCUT2D eigenvalue weighted by Crippen LogP contribution is 2.40. The fourth-order valence-electron chi connectivity index (χ4n) is 3.72. The molecule has 3 heterocycles. The number of aromatic amines is 1. The van der Waals surface area contributed by atoms with Crippen molar-refractivity contribution < 1.29 is 9.53 Å². The summed E-state index contributed by atoms with van der Waals surface area (Å²) < 4.78 is 7.74. The van der Waals surface area contributed by atoms with Gasteiger partial charge in [-0.15, -0.1) is 0 Å². The first-order valence-corrected chi connectivity index (χ1v) is 10.3. The molecule has 154 valence electrons. The number of alkyl carbamates (subject to hydrolysis) is 1. The van der Waals surface area contributed by atoms with E-state index >= 15 is 0 Å². The zero-order valence-corrected chi connectivity index (χ0v) is 18.2. The van der Waals surface area contributed by atoms with Crippen LogP contribution < -0.4 is 11.1 Å². The van der Waals surface area contributed by atoms with Crippen LogP contribution in [0.1, 0.15) is 51.6 Å². The number of hydrogen-bond acceptors (Lipinski definition) is 6. The Morgan fingerprint density at radius 3 is 2.86 bits per heavy atom. The van der Waals surface area contributed by atoms with Gasteiger partial charge in [0.05, 0.1) is 22.6 Å². The van der Waals surface area contributed by atoms with E-state index in [9.17, 15) is 4.79 Å². The molecule has 1 amide bonds. The van der Waals surface area contributed by atoms with Crippen molar-refractivity contribution in [3.05, 3.63) is 28.8 Å². The lowest BCUT2D eigenvalue weighted by Crippen LogP contribution is -2.37. The number of halogens is 1. The van der Waals surface area contributed by atoms with Crippen molar-refractivity contribution in [2.24, 2.45) is 0 Å². The maximum Gasteiger partial charge on any atom is 0.407 e. The number of amides is 1. The third kappa shape index (κ3) is 3.93. The van der Waals surface area contributed by atoms with Gasteiger partial charge in [0.25, 0.3) is 0 Å². The highest BCUT2D eigenvalue weighted by atomic mass is 79.9. The lowest BCUT2D eigenvalue weighted by Gasteiger charge is -2.22. The zero-order chi connectivity index (χ0) is 20.8. The van der Waals surface area contributed by atoms with Gasteiger partial charge in [-0.1, -0.05) is 0 Å². The van der Waals surface area contributed by atoms with E-state index in [-0.39, 0.29) is 18.1 Å². The number of nitrogen functional groups attached to an aromatic ring is 1. The van der Waals surface area contributed by atoms with E-state index in [1.54, 1.807) is 23.1 Å². The van der Waals surface area contributed by atoms with Crippen molar-refractivity contribution in [1.29, 1.82) is 0 Å². The van der Waals surface area contributed by atoms with Gasteiger partial charge in [0.15, 0.2) is 5.65 Å². The minimum Gasteiger partial charge on any atom is -0.444 e. The number of carbonyl (C=O) groups is 1. The zero-order valence-electron chi connectivity index (χ0n) is 16.6. The molecule has 1 aliphatic carbocycles. The number of nitrogens with zero attached hydrogens (tertiary/aromatic N) is 4. The Kier molecular flexibility index (Phi) is 4.97. The maximum atomic E-state index is 12.1. The standard InChI is InChI=1S/C19H24BrN7O2/c1-19(2,3)29-18(28)25-12-5-4-10(6-12)15-14(20)16(21)27-17(26-15)13(9-24-27)11-7-22-23-8-11/h7-10,12H,4-6,21H2,1-3H3,(H,22,23)(H,25,28)/t10-,12-/m1/s1. The quantitative estimate of drug-likeness (QED) is 0.546. The molecule has 9 nitrogen and oxygen atoms in total. The van der Waals surface area contributed by atoms with Crippen LogP contribution in [0.15, 0.2) is 23.1 Å². The summed E-state index contributed by atoms with van der Waals surface area (Å²) in [6.45, 7) is 5.56. The number of aromatic nitrogens is 5. The van der Waals surface area contributed by atoms with Crippen LogP contribution >= 0.6 is 15.9 Å².